The van der Waals surface area contributed by atoms with Gasteiger partial charge in [-0.1, -0.05) is 47.7 Å². The Morgan fingerprint density at radius 1 is 1.06 bits per heavy atom. The lowest BCUT2D eigenvalue weighted by molar-refractivity contribution is -0.127. The van der Waals surface area contributed by atoms with Crippen LogP contribution < -0.4 is 20.7 Å². The van der Waals surface area contributed by atoms with Gasteiger partial charge in [-0.15, -0.1) is 5.10 Å². The summed E-state index contributed by atoms with van der Waals surface area (Å²) in [5, 5.41) is 11.1. The quantitative estimate of drug-likeness (QED) is 0.353. The smallest absolute Gasteiger partial charge is 0.249 e. The lowest BCUT2D eigenvalue weighted by atomic mass is 10.0. The SMILES string of the molecule is COc1ccc(N(C)C(=O)[C@H](Cc2ccccc2)NC(=O)Cn2cc(-c3cccc(N)c3)nn2)cc1. The molecule has 4 rings (SSSR count). The summed E-state index contributed by atoms with van der Waals surface area (Å²) in [5.74, 6) is 0.104. The van der Waals surface area contributed by atoms with E-state index in [1.807, 2.05) is 42.5 Å². The first-order valence-corrected chi connectivity index (χ1v) is 11.4. The van der Waals surface area contributed by atoms with Gasteiger partial charge in [0.15, 0.2) is 0 Å². The molecule has 9 nitrogen and oxygen atoms in total. The van der Waals surface area contributed by atoms with E-state index >= 15 is 0 Å². The summed E-state index contributed by atoms with van der Waals surface area (Å²) < 4.78 is 6.64. The third kappa shape index (κ3) is 6.06. The Bertz CT molecular complexity index is 1320. The molecule has 2 amide bonds. The second-order valence-corrected chi connectivity index (χ2v) is 8.33. The molecule has 1 aromatic heterocycles. The molecule has 36 heavy (non-hydrogen) atoms. The van der Waals surface area contributed by atoms with Gasteiger partial charge >= 0.3 is 0 Å². The normalized spacial score (nSPS) is 11.5. The summed E-state index contributed by atoms with van der Waals surface area (Å²) >= 11 is 0. The van der Waals surface area contributed by atoms with Gasteiger partial charge in [0.1, 0.15) is 24.0 Å². The maximum absolute atomic E-state index is 13.4. The van der Waals surface area contributed by atoms with Crippen LogP contribution in [0.2, 0.25) is 0 Å². The monoisotopic (exact) mass is 484 g/mol. The first-order valence-electron chi connectivity index (χ1n) is 11.4. The molecule has 1 atom stereocenters. The molecule has 0 aliphatic heterocycles. The van der Waals surface area contributed by atoms with Crippen LogP contribution in [-0.4, -0.2) is 47.0 Å². The number of nitrogens with zero attached hydrogens (tertiary/aromatic N) is 4. The molecule has 0 aliphatic carbocycles. The Morgan fingerprint density at radius 3 is 2.50 bits per heavy atom. The van der Waals surface area contributed by atoms with Crippen LogP contribution in [0.5, 0.6) is 5.75 Å². The van der Waals surface area contributed by atoms with Gasteiger partial charge in [0.05, 0.1) is 13.3 Å². The van der Waals surface area contributed by atoms with Crippen LogP contribution in [0.3, 0.4) is 0 Å². The van der Waals surface area contributed by atoms with E-state index in [0.29, 0.717) is 29.2 Å². The number of likely N-dealkylation sites (N-methyl/N-ethyl adjacent to an activating group) is 1. The Morgan fingerprint density at radius 2 is 1.81 bits per heavy atom. The van der Waals surface area contributed by atoms with Crippen molar-refractivity contribution >= 4 is 23.2 Å². The summed E-state index contributed by atoms with van der Waals surface area (Å²) in [6.45, 7) is -0.0832. The predicted octanol–water partition coefficient (Wildman–Crippen LogP) is 2.93. The average molecular weight is 485 g/mol. The van der Waals surface area contributed by atoms with Crippen molar-refractivity contribution in [1.29, 1.82) is 0 Å². The number of nitrogens with one attached hydrogen (secondary N) is 1. The number of carbonyl (C=O) groups is 2. The molecule has 0 radical (unpaired) electrons. The highest BCUT2D eigenvalue weighted by molar-refractivity contribution is 5.99. The van der Waals surface area contributed by atoms with Crippen LogP contribution in [0, 0.1) is 0 Å². The molecule has 3 N–H and O–H groups in total. The van der Waals surface area contributed by atoms with Crippen molar-refractivity contribution < 1.29 is 14.3 Å². The molecule has 0 aliphatic rings. The summed E-state index contributed by atoms with van der Waals surface area (Å²) in [6.07, 6.45) is 2.02. The van der Waals surface area contributed by atoms with Crippen molar-refractivity contribution in [2.45, 2.75) is 19.0 Å². The minimum Gasteiger partial charge on any atom is -0.497 e. The van der Waals surface area contributed by atoms with Crippen molar-refractivity contribution in [2.24, 2.45) is 0 Å². The first-order chi connectivity index (χ1) is 17.4. The number of rotatable bonds is 9. The maximum atomic E-state index is 13.4. The maximum Gasteiger partial charge on any atom is 0.249 e. The van der Waals surface area contributed by atoms with Gasteiger partial charge in [0.2, 0.25) is 11.8 Å². The number of nitrogens with two attached hydrogens (primary N) is 1. The van der Waals surface area contributed by atoms with E-state index in [9.17, 15) is 9.59 Å². The van der Waals surface area contributed by atoms with E-state index < -0.39 is 6.04 Å². The number of hydrogen-bond donors (Lipinski definition) is 2. The molecule has 1 heterocycles. The molecule has 3 aromatic carbocycles. The fourth-order valence-corrected chi connectivity index (χ4v) is 3.81. The second kappa shape index (κ2) is 11.2. The Hall–Kier alpha value is -4.66. The highest BCUT2D eigenvalue weighted by Crippen LogP contribution is 2.20. The minimum atomic E-state index is -0.774. The molecule has 0 bridgehead atoms. The number of amides is 2. The number of anilines is 2. The summed E-state index contributed by atoms with van der Waals surface area (Å²) in [7, 11) is 3.27. The van der Waals surface area contributed by atoms with E-state index in [2.05, 4.69) is 15.6 Å². The number of methoxy groups -OCH3 is 1. The van der Waals surface area contributed by atoms with Crippen molar-refractivity contribution in [3.63, 3.8) is 0 Å². The van der Waals surface area contributed by atoms with E-state index in [0.717, 1.165) is 11.1 Å². The van der Waals surface area contributed by atoms with Gasteiger partial charge < -0.3 is 20.7 Å². The van der Waals surface area contributed by atoms with Crippen LogP contribution in [0.25, 0.3) is 11.3 Å². The van der Waals surface area contributed by atoms with E-state index in [-0.39, 0.29) is 18.4 Å². The zero-order valence-electron chi connectivity index (χ0n) is 20.2. The zero-order chi connectivity index (χ0) is 25.5. The third-order valence-electron chi connectivity index (χ3n) is 5.73. The van der Waals surface area contributed by atoms with Crippen molar-refractivity contribution in [3.8, 4) is 17.0 Å². The van der Waals surface area contributed by atoms with Crippen LogP contribution in [-0.2, 0) is 22.6 Å². The number of benzene rings is 3. The number of nitrogen functional groups attached to an aromatic ring is 1. The third-order valence-corrected chi connectivity index (χ3v) is 5.73. The first kappa shape index (κ1) is 24.5. The van der Waals surface area contributed by atoms with Crippen LogP contribution >= 0.6 is 0 Å². The summed E-state index contributed by atoms with van der Waals surface area (Å²) in [6, 6.07) is 23.2. The fraction of sp³-hybridized carbons (Fsp3) is 0.185. The average Bonchev–Trinajstić information content (AvgIpc) is 3.36. The molecule has 0 saturated carbocycles. The molecule has 0 fully saturated rings. The molecule has 0 spiro atoms. The van der Waals surface area contributed by atoms with Gasteiger partial charge in [0, 0.05) is 30.4 Å². The van der Waals surface area contributed by atoms with Crippen LogP contribution in [0.1, 0.15) is 5.56 Å². The molecule has 0 unspecified atom stereocenters. The van der Waals surface area contributed by atoms with Crippen LogP contribution in [0.4, 0.5) is 11.4 Å². The summed E-state index contributed by atoms with van der Waals surface area (Å²) in [5.41, 5.74) is 9.50. The standard InChI is InChI=1S/C27H28N6O3/c1-32(22-11-13-23(36-2)14-12-22)27(35)24(15-19-7-4-3-5-8-19)29-26(34)18-33-17-25(30-31-33)20-9-6-10-21(28)16-20/h3-14,16-17,24H,15,18,28H2,1-2H3,(H,29,34)/t24-/m0/s1. The van der Waals surface area contributed by atoms with Crippen LogP contribution in [0.15, 0.2) is 85.1 Å². The Balaban J connectivity index is 1.48. The number of ether oxygens (including phenoxy) is 1. The summed E-state index contributed by atoms with van der Waals surface area (Å²) in [4.78, 5) is 27.9. The molecule has 184 valence electrons. The highest BCUT2D eigenvalue weighted by Gasteiger charge is 2.25. The Labute approximate surface area is 209 Å². The lowest BCUT2D eigenvalue weighted by Crippen LogP contribution is -2.49. The minimum absolute atomic E-state index is 0.0832. The predicted molar refractivity (Wildman–Crippen MR) is 138 cm³/mol. The second-order valence-electron chi connectivity index (χ2n) is 8.33. The van der Waals surface area contributed by atoms with Crippen molar-refractivity contribution in [2.75, 3.05) is 24.8 Å². The van der Waals surface area contributed by atoms with Crippen molar-refractivity contribution in [3.05, 3.63) is 90.6 Å². The van der Waals surface area contributed by atoms with E-state index in [4.69, 9.17) is 10.5 Å². The molecule has 4 aromatic rings. The highest BCUT2D eigenvalue weighted by atomic mass is 16.5. The number of hydrogen-bond acceptors (Lipinski definition) is 6. The van der Waals surface area contributed by atoms with Gasteiger partial charge in [-0.2, -0.15) is 0 Å². The van der Waals surface area contributed by atoms with Gasteiger partial charge in [-0.25, -0.2) is 4.68 Å². The van der Waals surface area contributed by atoms with Gasteiger partial charge in [-0.05, 0) is 42.0 Å². The molecular formula is C27H28N6O3. The largest absolute Gasteiger partial charge is 0.497 e. The molecule has 9 heteroatoms. The lowest BCUT2D eigenvalue weighted by Gasteiger charge is -2.25. The topological polar surface area (TPSA) is 115 Å². The van der Waals surface area contributed by atoms with E-state index in [1.165, 1.54) is 9.58 Å². The van der Waals surface area contributed by atoms with E-state index in [1.54, 1.807) is 56.8 Å². The van der Waals surface area contributed by atoms with Crippen molar-refractivity contribution in [1.82, 2.24) is 20.3 Å². The number of carbonyl (C=O) groups excluding carboxylic acids is 2. The molecule has 0 saturated heterocycles. The van der Waals surface area contributed by atoms with Gasteiger partial charge in [-0.3, -0.25) is 9.59 Å². The van der Waals surface area contributed by atoms with Gasteiger partial charge in [0.25, 0.3) is 0 Å². The molecular weight excluding hydrogens is 456 g/mol. The Kier molecular flexibility index (Phi) is 7.60. The number of aromatic nitrogens is 3. The zero-order valence-corrected chi connectivity index (χ0v) is 20.2. The fourth-order valence-electron chi connectivity index (χ4n) is 3.81.